The lowest BCUT2D eigenvalue weighted by Gasteiger charge is -2.13. The number of carbonyl (C=O) groups excluding carboxylic acids is 1. The van der Waals surface area contributed by atoms with Crippen LogP contribution >= 0.6 is 0 Å². The van der Waals surface area contributed by atoms with Crippen LogP contribution in [0.15, 0.2) is 42.5 Å². The van der Waals surface area contributed by atoms with E-state index in [4.69, 9.17) is 14.2 Å². The molecule has 0 bridgehead atoms. The number of rotatable bonds is 8. The summed E-state index contributed by atoms with van der Waals surface area (Å²) < 4.78 is 17.0. The van der Waals surface area contributed by atoms with E-state index in [-0.39, 0.29) is 6.10 Å². The Morgan fingerprint density at radius 2 is 1.74 bits per heavy atom. The van der Waals surface area contributed by atoms with E-state index in [1.165, 1.54) is 0 Å². The summed E-state index contributed by atoms with van der Waals surface area (Å²) in [4.78, 5) is 10.9. The van der Waals surface area contributed by atoms with Crippen molar-refractivity contribution in [1.29, 1.82) is 0 Å². The van der Waals surface area contributed by atoms with Crippen molar-refractivity contribution in [1.82, 2.24) is 0 Å². The van der Waals surface area contributed by atoms with Gasteiger partial charge < -0.3 is 14.2 Å². The third-order valence-corrected chi connectivity index (χ3v) is 3.09. The molecule has 0 radical (unpaired) electrons. The van der Waals surface area contributed by atoms with Crippen molar-refractivity contribution in [3.8, 4) is 17.2 Å². The fourth-order valence-corrected chi connectivity index (χ4v) is 2.08. The minimum Gasteiger partial charge on any atom is -0.491 e. The molecule has 0 aromatic heterocycles. The van der Waals surface area contributed by atoms with Gasteiger partial charge in [-0.2, -0.15) is 0 Å². The van der Waals surface area contributed by atoms with E-state index in [0.717, 1.165) is 17.6 Å². The minimum absolute atomic E-state index is 0.155. The summed E-state index contributed by atoms with van der Waals surface area (Å²) in [5.41, 5.74) is 1.60. The second-order valence-corrected chi connectivity index (χ2v) is 5.36. The highest BCUT2D eigenvalue weighted by Gasteiger charge is 2.07. The SMILES string of the molecule is CCOc1cc(C=O)ccc1OCc1ccc(OC(C)C)cc1. The zero-order valence-corrected chi connectivity index (χ0v) is 13.7. The maximum atomic E-state index is 10.9. The smallest absolute Gasteiger partial charge is 0.161 e. The molecule has 0 heterocycles. The monoisotopic (exact) mass is 314 g/mol. The minimum atomic E-state index is 0.155. The van der Waals surface area contributed by atoms with Crippen LogP contribution in [-0.4, -0.2) is 19.0 Å². The Bertz CT molecular complexity index is 632. The second kappa shape index (κ2) is 8.22. The first-order valence-electron chi connectivity index (χ1n) is 7.72. The van der Waals surface area contributed by atoms with Crippen LogP contribution < -0.4 is 14.2 Å². The summed E-state index contributed by atoms with van der Waals surface area (Å²) in [6.45, 7) is 6.82. The van der Waals surface area contributed by atoms with Gasteiger partial charge in [0.15, 0.2) is 11.5 Å². The van der Waals surface area contributed by atoms with Crippen molar-refractivity contribution in [2.45, 2.75) is 33.5 Å². The molecule has 0 unspecified atom stereocenters. The van der Waals surface area contributed by atoms with Gasteiger partial charge in [-0.3, -0.25) is 4.79 Å². The van der Waals surface area contributed by atoms with Crippen molar-refractivity contribution < 1.29 is 19.0 Å². The summed E-state index contributed by atoms with van der Waals surface area (Å²) >= 11 is 0. The van der Waals surface area contributed by atoms with Crippen LogP contribution in [0.1, 0.15) is 36.7 Å². The summed E-state index contributed by atoms with van der Waals surface area (Å²) in [7, 11) is 0. The molecule has 4 nitrogen and oxygen atoms in total. The van der Waals surface area contributed by atoms with Crippen molar-refractivity contribution in [3.05, 3.63) is 53.6 Å². The Morgan fingerprint density at radius 3 is 2.35 bits per heavy atom. The summed E-state index contributed by atoms with van der Waals surface area (Å²) in [5.74, 6) is 2.05. The van der Waals surface area contributed by atoms with Gasteiger partial charge >= 0.3 is 0 Å². The topological polar surface area (TPSA) is 44.8 Å². The number of hydrogen-bond acceptors (Lipinski definition) is 4. The highest BCUT2D eigenvalue weighted by Crippen LogP contribution is 2.29. The lowest BCUT2D eigenvalue weighted by Crippen LogP contribution is -2.05. The lowest BCUT2D eigenvalue weighted by atomic mass is 10.2. The first-order chi connectivity index (χ1) is 11.1. The molecule has 0 saturated carbocycles. The second-order valence-electron chi connectivity index (χ2n) is 5.36. The summed E-state index contributed by atoms with van der Waals surface area (Å²) in [5, 5.41) is 0. The van der Waals surface area contributed by atoms with Crippen molar-refractivity contribution in [2.24, 2.45) is 0 Å². The molecule has 0 fully saturated rings. The van der Waals surface area contributed by atoms with E-state index in [2.05, 4.69) is 0 Å². The quantitative estimate of drug-likeness (QED) is 0.683. The molecule has 0 aliphatic rings. The van der Waals surface area contributed by atoms with Gasteiger partial charge in [-0.25, -0.2) is 0 Å². The molecule has 0 amide bonds. The van der Waals surface area contributed by atoms with Gasteiger partial charge in [0.2, 0.25) is 0 Å². The fourth-order valence-electron chi connectivity index (χ4n) is 2.08. The maximum Gasteiger partial charge on any atom is 0.161 e. The van der Waals surface area contributed by atoms with E-state index in [0.29, 0.717) is 30.3 Å². The summed E-state index contributed by atoms with van der Waals surface area (Å²) in [6.07, 6.45) is 0.946. The Balaban J connectivity index is 2.03. The van der Waals surface area contributed by atoms with E-state index < -0.39 is 0 Å². The average Bonchev–Trinajstić information content (AvgIpc) is 2.54. The number of hydrogen-bond donors (Lipinski definition) is 0. The van der Waals surface area contributed by atoms with Gasteiger partial charge in [0.1, 0.15) is 18.6 Å². The molecule has 23 heavy (non-hydrogen) atoms. The van der Waals surface area contributed by atoms with E-state index in [9.17, 15) is 4.79 Å². The van der Waals surface area contributed by atoms with Crippen molar-refractivity contribution in [3.63, 3.8) is 0 Å². The van der Waals surface area contributed by atoms with Gasteiger partial charge in [0, 0.05) is 5.56 Å². The Kier molecular flexibility index (Phi) is 6.03. The van der Waals surface area contributed by atoms with Crippen LogP contribution in [0.25, 0.3) is 0 Å². The van der Waals surface area contributed by atoms with E-state index >= 15 is 0 Å². The van der Waals surface area contributed by atoms with Gasteiger partial charge in [0.25, 0.3) is 0 Å². The van der Waals surface area contributed by atoms with Crippen LogP contribution in [-0.2, 0) is 6.61 Å². The molecular formula is C19H22O4. The van der Waals surface area contributed by atoms with Gasteiger partial charge in [0.05, 0.1) is 12.7 Å². The maximum absolute atomic E-state index is 10.9. The van der Waals surface area contributed by atoms with Crippen molar-refractivity contribution in [2.75, 3.05) is 6.61 Å². The predicted molar refractivity (Wildman–Crippen MR) is 89.5 cm³/mol. The van der Waals surface area contributed by atoms with Crippen molar-refractivity contribution >= 4 is 6.29 Å². The standard InChI is InChI=1S/C19H22O4/c1-4-21-19-11-16(12-20)7-10-18(19)22-13-15-5-8-17(9-6-15)23-14(2)3/h5-12,14H,4,13H2,1-3H3. The molecule has 2 aromatic rings. The molecule has 2 aromatic carbocycles. The van der Waals surface area contributed by atoms with Gasteiger partial charge in [-0.1, -0.05) is 12.1 Å². The molecule has 0 aliphatic heterocycles. The van der Waals surface area contributed by atoms with E-state index in [1.54, 1.807) is 18.2 Å². The average molecular weight is 314 g/mol. The van der Waals surface area contributed by atoms with E-state index in [1.807, 2.05) is 45.0 Å². The Morgan fingerprint density at radius 1 is 1.00 bits per heavy atom. The number of ether oxygens (including phenoxy) is 3. The Hall–Kier alpha value is -2.49. The van der Waals surface area contributed by atoms with Crippen LogP contribution in [0.4, 0.5) is 0 Å². The van der Waals surface area contributed by atoms with Gasteiger partial charge in [-0.15, -0.1) is 0 Å². The highest BCUT2D eigenvalue weighted by molar-refractivity contribution is 5.76. The molecule has 122 valence electrons. The number of carbonyl (C=O) groups is 1. The number of benzene rings is 2. The molecule has 2 rings (SSSR count). The third kappa shape index (κ3) is 5.02. The molecular weight excluding hydrogens is 292 g/mol. The molecule has 0 N–H and O–H groups in total. The normalized spacial score (nSPS) is 10.4. The molecule has 4 heteroatoms. The third-order valence-electron chi connectivity index (χ3n) is 3.09. The highest BCUT2D eigenvalue weighted by atomic mass is 16.5. The molecule has 0 aliphatic carbocycles. The zero-order chi connectivity index (χ0) is 16.7. The van der Waals surface area contributed by atoms with Crippen LogP contribution in [0.3, 0.4) is 0 Å². The first kappa shape index (κ1) is 16.9. The first-order valence-corrected chi connectivity index (χ1v) is 7.72. The Labute approximate surface area is 137 Å². The lowest BCUT2D eigenvalue weighted by molar-refractivity contribution is 0.112. The van der Waals surface area contributed by atoms with Crippen LogP contribution in [0.5, 0.6) is 17.2 Å². The molecule has 0 spiro atoms. The van der Waals surface area contributed by atoms with Crippen LogP contribution in [0, 0.1) is 0 Å². The molecule has 0 saturated heterocycles. The molecule has 0 atom stereocenters. The summed E-state index contributed by atoms with van der Waals surface area (Å²) in [6, 6.07) is 13.0. The number of aldehydes is 1. The van der Waals surface area contributed by atoms with Gasteiger partial charge in [-0.05, 0) is 56.7 Å². The van der Waals surface area contributed by atoms with Crippen LogP contribution in [0.2, 0.25) is 0 Å². The largest absolute Gasteiger partial charge is 0.491 e. The zero-order valence-electron chi connectivity index (χ0n) is 13.7. The predicted octanol–water partition coefficient (Wildman–Crippen LogP) is 4.26. The fraction of sp³-hybridized carbons (Fsp3) is 0.316.